The Morgan fingerprint density at radius 3 is 2.71 bits per heavy atom. The van der Waals surface area contributed by atoms with Crippen LogP contribution in [-0.4, -0.2) is 25.1 Å². The molecule has 0 amide bonds. The second-order valence-corrected chi connectivity index (χ2v) is 4.93. The van der Waals surface area contributed by atoms with Crippen LogP contribution in [0, 0.1) is 0 Å². The molecular weight excluding hydrogens is 220 g/mol. The van der Waals surface area contributed by atoms with E-state index in [-0.39, 0.29) is 12.0 Å². The van der Waals surface area contributed by atoms with Gasteiger partial charge in [0.25, 0.3) is 0 Å². The molecule has 2 heterocycles. The maximum atomic E-state index is 8.87. The van der Waals surface area contributed by atoms with E-state index in [1.807, 2.05) is 0 Å². The summed E-state index contributed by atoms with van der Waals surface area (Å²) in [5.41, 5.74) is 0.483. The average molecular weight is 236 g/mol. The van der Waals surface area contributed by atoms with Gasteiger partial charge in [0.1, 0.15) is 18.0 Å². The zero-order valence-electron chi connectivity index (χ0n) is 10.2. The lowest BCUT2D eigenvalue weighted by molar-refractivity contribution is 0.276. The van der Waals surface area contributed by atoms with E-state index in [9.17, 15) is 0 Å². The van der Waals surface area contributed by atoms with Gasteiger partial charge in [-0.2, -0.15) is 0 Å². The highest BCUT2D eigenvalue weighted by Crippen LogP contribution is 2.22. The highest BCUT2D eigenvalue weighted by molar-refractivity contribution is 5.06. The molecule has 1 N–H and O–H groups in total. The molecule has 0 atom stereocenters. The minimum Gasteiger partial charge on any atom is -0.443 e. The first kappa shape index (κ1) is 11.8. The molecule has 92 valence electrons. The van der Waals surface area contributed by atoms with Crippen LogP contribution < -0.4 is 0 Å². The summed E-state index contributed by atoms with van der Waals surface area (Å²) in [6.45, 7) is 6.51. The molecule has 0 saturated heterocycles. The number of rotatable bonds is 3. The van der Waals surface area contributed by atoms with Crippen LogP contribution in [0.3, 0.4) is 0 Å². The van der Waals surface area contributed by atoms with Gasteiger partial charge in [-0.15, -0.1) is 5.10 Å². The Kier molecular flexibility index (Phi) is 2.97. The van der Waals surface area contributed by atoms with Crippen molar-refractivity contribution in [2.45, 2.75) is 39.3 Å². The minimum atomic E-state index is -0.112. The third-order valence-electron chi connectivity index (χ3n) is 2.34. The van der Waals surface area contributed by atoms with Gasteiger partial charge < -0.3 is 9.52 Å². The monoisotopic (exact) mass is 236 g/mol. The van der Waals surface area contributed by atoms with Gasteiger partial charge in [-0.3, -0.25) is 0 Å². The van der Waals surface area contributed by atoms with E-state index in [0.717, 1.165) is 5.76 Å². The molecule has 0 unspecified atom stereocenters. The lowest BCUT2D eigenvalue weighted by Crippen LogP contribution is -2.09. The second kappa shape index (κ2) is 4.29. The van der Waals surface area contributed by atoms with Gasteiger partial charge in [0, 0.05) is 5.41 Å². The first-order chi connectivity index (χ1) is 7.99. The summed E-state index contributed by atoms with van der Waals surface area (Å²) in [6, 6.07) is 0. The van der Waals surface area contributed by atoms with Crippen molar-refractivity contribution in [2.24, 2.45) is 0 Å². The highest BCUT2D eigenvalue weighted by atomic mass is 16.4. The third kappa shape index (κ3) is 2.71. The molecule has 6 heteroatoms. The number of aliphatic hydroxyl groups excluding tert-OH is 1. The van der Waals surface area contributed by atoms with E-state index >= 15 is 0 Å². The first-order valence-corrected chi connectivity index (χ1v) is 5.44. The number of hydrogen-bond donors (Lipinski definition) is 1. The van der Waals surface area contributed by atoms with E-state index in [0.29, 0.717) is 18.1 Å². The van der Waals surface area contributed by atoms with Gasteiger partial charge in [0.05, 0.1) is 19.0 Å². The predicted octanol–water partition coefficient (Wildman–Crippen LogP) is 1.10. The molecule has 0 aliphatic rings. The average Bonchev–Trinajstić information content (AvgIpc) is 2.86. The van der Waals surface area contributed by atoms with Gasteiger partial charge in [0.15, 0.2) is 0 Å². The Labute approximate surface area is 99.3 Å². The predicted molar refractivity (Wildman–Crippen MR) is 60.2 cm³/mol. The normalized spacial score (nSPS) is 12.0. The van der Waals surface area contributed by atoms with Crippen LogP contribution in [0.4, 0.5) is 0 Å². The molecule has 0 radical (unpaired) electrons. The zero-order chi connectivity index (χ0) is 12.5. The molecular formula is C11H16N4O2. The van der Waals surface area contributed by atoms with Crippen LogP contribution in [-0.2, 0) is 18.6 Å². The molecule has 0 aliphatic carbocycles. The van der Waals surface area contributed by atoms with Crippen molar-refractivity contribution in [2.75, 3.05) is 0 Å². The molecule has 0 aliphatic heterocycles. The Hall–Kier alpha value is -1.69. The summed E-state index contributed by atoms with van der Waals surface area (Å²) in [6.07, 6.45) is 3.40. The fraction of sp³-hybridized carbons (Fsp3) is 0.545. The maximum absolute atomic E-state index is 8.87. The standard InChI is InChI=1S/C11H16N4O2/c1-11(2,3)9-4-12-10(17-9)6-15-5-8(7-16)13-14-15/h4-5,16H,6-7H2,1-3H3. The molecule has 2 aromatic rings. The SMILES string of the molecule is CC(C)(C)c1cnc(Cn2cc(CO)nn2)o1. The smallest absolute Gasteiger partial charge is 0.216 e. The summed E-state index contributed by atoms with van der Waals surface area (Å²) in [4.78, 5) is 4.20. The molecule has 0 aromatic carbocycles. The maximum Gasteiger partial charge on any atom is 0.216 e. The van der Waals surface area contributed by atoms with Crippen LogP contribution in [0.25, 0.3) is 0 Å². The van der Waals surface area contributed by atoms with Gasteiger partial charge in [-0.1, -0.05) is 26.0 Å². The first-order valence-electron chi connectivity index (χ1n) is 5.44. The van der Waals surface area contributed by atoms with Crippen molar-refractivity contribution in [3.8, 4) is 0 Å². The van der Waals surface area contributed by atoms with Crippen LogP contribution in [0.15, 0.2) is 16.8 Å². The van der Waals surface area contributed by atoms with Crippen molar-refractivity contribution in [1.29, 1.82) is 0 Å². The van der Waals surface area contributed by atoms with E-state index in [4.69, 9.17) is 9.52 Å². The number of hydrogen-bond acceptors (Lipinski definition) is 5. The van der Waals surface area contributed by atoms with Crippen molar-refractivity contribution in [3.05, 3.63) is 29.7 Å². The van der Waals surface area contributed by atoms with Crippen LogP contribution >= 0.6 is 0 Å². The Bertz CT molecular complexity index is 496. The van der Waals surface area contributed by atoms with Crippen molar-refractivity contribution in [1.82, 2.24) is 20.0 Å². The van der Waals surface area contributed by atoms with Crippen LogP contribution in [0.5, 0.6) is 0 Å². The molecule has 0 saturated carbocycles. The Morgan fingerprint density at radius 1 is 1.41 bits per heavy atom. The highest BCUT2D eigenvalue weighted by Gasteiger charge is 2.19. The second-order valence-electron chi connectivity index (χ2n) is 4.93. The molecule has 0 fully saturated rings. The minimum absolute atomic E-state index is 0.0517. The molecule has 2 aromatic heterocycles. The number of aliphatic hydroxyl groups is 1. The largest absolute Gasteiger partial charge is 0.443 e. The number of nitrogens with zero attached hydrogens (tertiary/aromatic N) is 4. The number of oxazole rings is 1. The lowest BCUT2D eigenvalue weighted by atomic mass is 9.94. The molecule has 0 bridgehead atoms. The quantitative estimate of drug-likeness (QED) is 0.863. The van der Waals surface area contributed by atoms with E-state index in [2.05, 4.69) is 36.1 Å². The van der Waals surface area contributed by atoms with Crippen LogP contribution in [0.1, 0.15) is 38.1 Å². The number of aromatic nitrogens is 4. The van der Waals surface area contributed by atoms with E-state index < -0.39 is 0 Å². The van der Waals surface area contributed by atoms with Gasteiger partial charge >= 0.3 is 0 Å². The van der Waals surface area contributed by atoms with Crippen molar-refractivity contribution >= 4 is 0 Å². The van der Waals surface area contributed by atoms with Crippen LogP contribution in [0.2, 0.25) is 0 Å². The summed E-state index contributed by atoms with van der Waals surface area (Å²) in [5.74, 6) is 1.43. The van der Waals surface area contributed by atoms with Gasteiger partial charge in [0.2, 0.25) is 5.89 Å². The van der Waals surface area contributed by atoms with Gasteiger partial charge in [-0.25, -0.2) is 9.67 Å². The molecule has 17 heavy (non-hydrogen) atoms. The fourth-order valence-electron chi connectivity index (χ4n) is 1.36. The summed E-state index contributed by atoms with van der Waals surface area (Å²) in [5, 5.41) is 16.5. The molecule has 6 nitrogen and oxygen atoms in total. The Balaban J connectivity index is 2.11. The third-order valence-corrected chi connectivity index (χ3v) is 2.34. The van der Waals surface area contributed by atoms with Gasteiger partial charge in [-0.05, 0) is 0 Å². The zero-order valence-corrected chi connectivity index (χ0v) is 10.2. The summed E-state index contributed by atoms with van der Waals surface area (Å²) >= 11 is 0. The van der Waals surface area contributed by atoms with E-state index in [1.54, 1.807) is 17.1 Å². The summed E-state index contributed by atoms with van der Waals surface area (Å²) < 4.78 is 7.22. The fourth-order valence-corrected chi connectivity index (χ4v) is 1.36. The lowest BCUT2D eigenvalue weighted by Gasteiger charge is -2.12. The molecule has 2 rings (SSSR count). The van der Waals surface area contributed by atoms with Crippen molar-refractivity contribution in [3.63, 3.8) is 0 Å². The topological polar surface area (TPSA) is 77.0 Å². The molecule has 0 spiro atoms. The summed E-state index contributed by atoms with van der Waals surface area (Å²) in [7, 11) is 0. The van der Waals surface area contributed by atoms with E-state index in [1.165, 1.54) is 0 Å². The van der Waals surface area contributed by atoms with Crippen molar-refractivity contribution < 1.29 is 9.52 Å². The Morgan fingerprint density at radius 2 is 2.18 bits per heavy atom.